The van der Waals surface area contributed by atoms with Crippen LogP contribution < -0.4 is 0 Å². The summed E-state index contributed by atoms with van der Waals surface area (Å²) in [6.45, 7) is 0. The Bertz CT molecular complexity index is 426. The minimum Gasteiger partial charge on any atom is -0.276 e. The summed E-state index contributed by atoms with van der Waals surface area (Å²) in [7, 11) is 0. The molecule has 1 aromatic carbocycles. The van der Waals surface area contributed by atoms with Gasteiger partial charge in [-0.3, -0.25) is 4.84 Å². The second kappa shape index (κ2) is 5.25. The zero-order valence-corrected chi connectivity index (χ0v) is 10.1. The molecule has 112 valence electrons. The molecule has 2 rings (SSSR count). The predicted octanol–water partition coefficient (Wildman–Crippen LogP) is 4.41. The van der Waals surface area contributed by atoms with E-state index < -0.39 is 23.8 Å². The summed E-state index contributed by atoms with van der Waals surface area (Å²) < 4.78 is 74.7. The lowest BCUT2D eigenvalue weighted by atomic mass is 10.1. The van der Waals surface area contributed by atoms with Crippen LogP contribution in [-0.4, -0.2) is 17.7 Å². The van der Waals surface area contributed by atoms with Crippen LogP contribution in [0.4, 0.5) is 26.3 Å². The Morgan fingerprint density at radius 3 is 1.85 bits per heavy atom. The number of nitrogens with zero attached hydrogens (tertiary/aromatic N) is 1. The number of alkyl halides is 6. The Morgan fingerprint density at radius 2 is 1.45 bits per heavy atom. The van der Waals surface area contributed by atoms with Crippen LogP contribution >= 0.6 is 0 Å². The standard InChI is InChI=1S/C12H11F6NO/c13-11(14,15)19(12(16,17)18)20-10(9-6-7-9)8-4-2-1-3-5-8/h1-5,9-10H,6-7H2. The van der Waals surface area contributed by atoms with Crippen molar-refractivity contribution in [3.63, 3.8) is 0 Å². The molecule has 0 bridgehead atoms. The monoisotopic (exact) mass is 299 g/mol. The average Bonchev–Trinajstić information content (AvgIpc) is 3.11. The van der Waals surface area contributed by atoms with Crippen LogP contribution in [0.2, 0.25) is 0 Å². The first kappa shape index (κ1) is 15.1. The Kier molecular flexibility index (Phi) is 3.97. The van der Waals surface area contributed by atoms with Crippen molar-refractivity contribution in [2.45, 2.75) is 31.5 Å². The fourth-order valence-electron chi connectivity index (χ4n) is 1.84. The molecule has 0 heterocycles. The predicted molar refractivity (Wildman–Crippen MR) is 56.9 cm³/mol. The van der Waals surface area contributed by atoms with Gasteiger partial charge in [-0.15, -0.1) is 0 Å². The van der Waals surface area contributed by atoms with E-state index in [1.165, 1.54) is 12.1 Å². The molecular weight excluding hydrogens is 288 g/mol. The van der Waals surface area contributed by atoms with E-state index in [-0.39, 0.29) is 5.92 Å². The van der Waals surface area contributed by atoms with Gasteiger partial charge >= 0.3 is 12.6 Å². The summed E-state index contributed by atoms with van der Waals surface area (Å²) in [4.78, 5) is 4.27. The van der Waals surface area contributed by atoms with Crippen molar-refractivity contribution < 1.29 is 31.2 Å². The molecule has 1 saturated carbocycles. The van der Waals surface area contributed by atoms with E-state index >= 15 is 0 Å². The molecule has 20 heavy (non-hydrogen) atoms. The maximum atomic E-state index is 12.5. The SMILES string of the molecule is FC(F)(F)N(OC(c1ccccc1)C1CC1)C(F)(F)F. The summed E-state index contributed by atoms with van der Waals surface area (Å²) in [6, 6.07) is 7.61. The Balaban J connectivity index is 2.23. The number of hydrogen-bond donors (Lipinski definition) is 0. The molecule has 0 aliphatic heterocycles. The van der Waals surface area contributed by atoms with Crippen molar-refractivity contribution >= 4 is 0 Å². The number of hydrogen-bond acceptors (Lipinski definition) is 2. The smallest absolute Gasteiger partial charge is 0.276 e. The second-order valence-electron chi connectivity index (χ2n) is 4.50. The largest absolute Gasteiger partial charge is 0.490 e. The van der Waals surface area contributed by atoms with E-state index in [4.69, 9.17) is 0 Å². The quantitative estimate of drug-likeness (QED) is 0.464. The summed E-state index contributed by atoms with van der Waals surface area (Å²) >= 11 is 0. The highest BCUT2D eigenvalue weighted by molar-refractivity contribution is 5.19. The molecule has 1 aromatic rings. The fraction of sp³-hybridized carbons (Fsp3) is 0.500. The molecule has 0 spiro atoms. The zero-order valence-electron chi connectivity index (χ0n) is 10.1. The van der Waals surface area contributed by atoms with Crippen LogP contribution in [0.15, 0.2) is 30.3 Å². The van der Waals surface area contributed by atoms with Gasteiger partial charge in [0.05, 0.1) is 0 Å². The Morgan fingerprint density at radius 1 is 0.950 bits per heavy atom. The van der Waals surface area contributed by atoms with Crippen LogP contribution in [0.25, 0.3) is 0 Å². The summed E-state index contributed by atoms with van der Waals surface area (Å²) in [5.74, 6) is -0.329. The molecule has 0 aromatic heterocycles. The first-order valence-electron chi connectivity index (χ1n) is 5.85. The second-order valence-corrected chi connectivity index (χ2v) is 4.50. The van der Waals surface area contributed by atoms with Crippen molar-refractivity contribution in [1.82, 2.24) is 5.06 Å². The van der Waals surface area contributed by atoms with Gasteiger partial charge in [0.1, 0.15) is 6.10 Å². The maximum Gasteiger partial charge on any atom is 0.490 e. The molecule has 0 radical (unpaired) electrons. The first-order chi connectivity index (χ1) is 9.19. The lowest BCUT2D eigenvalue weighted by Crippen LogP contribution is -2.48. The molecule has 1 atom stereocenters. The minimum atomic E-state index is -5.64. The normalized spacial score (nSPS) is 18.4. The van der Waals surface area contributed by atoms with Crippen LogP contribution in [0.5, 0.6) is 0 Å². The molecule has 0 saturated heterocycles. The van der Waals surface area contributed by atoms with Gasteiger partial charge in [0.25, 0.3) is 0 Å². The van der Waals surface area contributed by atoms with Crippen LogP contribution in [0.1, 0.15) is 24.5 Å². The molecule has 0 amide bonds. The zero-order chi connectivity index (χ0) is 15.0. The molecule has 1 aliphatic carbocycles. The van der Waals surface area contributed by atoms with E-state index in [9.17, 15) is 26.3 Å². The van der Waals surface area contributed by atoms with Crippen molar-refractivity contribution in [2.24, 2.45) is 5.92 Å². The molecule has 1 unspecified atom stereocenters. The third-order valence-corrected chi connectivity index (χ3v) is 2.86. The highest BCUT2D eigenvalue weighted by Gasteiger charge is 2.57. The lowest BCUT2D eigenvalue weighted by molar-refractivity contribution is -0.494. The van der Waals surface area contributed by atoms with E-state index in [0.29, 0.717) is 18.4 Å². The Hall–Kier alpha value is -1.28. The van der Waals surface area contributed by atoms with Gasteiger partial charge in [0.2, 0.25) is 0 Å². The van der Waals surface area contributed by atoms with E-state index in [1.807, 2.05) is 0 Å². The van der Waals surface area contributed by atoms with Crippen LogP contribution in [0, 0.1) is 5.92 Å². The van der Waals surface area contributed by atoms with Crippen molar-refractivity contribution in [3.8, 4) is 0 Å². The highest BCUT2D eigenvalue weighted by Crippen LogP contribution is 2.46. The van der Waals surface area contributed by atoms with Crippen LogP contribution in [0.3, 0.4) is 0 Å². The van der Waals surface area contributed by atoms with Crippen molar-refractivity contribution in [2.75, 3.05) is 0 Å². The highest BCUT2D eigenvalue weighted by atomic mass is 19.4. The van der Waals surface area contributed by atoms with Gasteiger partial charge in [-0.1, -0.05) is 30.3 Å². The van der Waals surface area contributed by atoms with Crippen LogP contribution in [-0.2, 0) is 4.84 Å². The topological polar surface area (TPSA) is 12.5 Å². The summed E-state index contributed by atoms with van der Waals surface area (Å²) in [5.41, 5.74) is 0.300. The van der Waals surface area contributed by atoms with Gasteiger partial charge in [0.15, 0.2) is 0 Å². The molecular formula is C12H11F6NO. The van der Waals surface area contributed by atoms with Crippen molar-refractivity contribution in [1.29, 1.82) is 0 Å². The van der Waals surface area contributed by atoms with E-state index in [2.05, 4.69) is 4.84 Å². The summed E-state index contributed by atoms with van der Waals surface area (Å²) in [6.07, 6.45) is -11.4. The summed E-state index contributed by atoms with van der Waals surface area (Å²) in [5, 5.41) is -1.82. The third-order valence-electron chi connectivity index (χ3n) is 2.86. The van der Waals surface area contributed by atoms with E-state index in [0.717, 1.165) is 0 Å². The van der Waals surface area contributed by atoms with Gasteiger partial charge in [-0.25, -0.2) is 0 Å². The molecule has 2 nitrogen and oxygen atoms in total. The number of rotatable bonds is 4. The van der Waals surface area contributed by atoms with Gasteiger partial charge in [-0.05, 0) is 24.3 Å². The van der Waals surface area contributed by atoms with Gasteiger partial charge < -0.3 is 0 Å². The number of benzene rings is 1. The van der Waals surface area contributed by atoms with Gasteiger partial charge in [-0.2, -0.15) is 26.3 Å². The van der Waals surface area contributed by atoms with Gasteiger partial charge in [0, 0.05) is 5.06 Å². The van der Waals surface area contributed by atoms with Crippen molar-refractivity contribution in [3.05, 3.63) is 35.9 Å². The first-order valence-corrected chi connectivity index (χ1v) is 5.85. The molecule has 1 fully saturated rings. The maximum absolute atomic E-state index is 12.5. The fourth-order valence-corrected chi connectivity index (χ4v) is 1.84. The molecule has 0 N–H and O–H groups in total. The molecule has 8 heteroatoms. The number of hydroxylamine groups is 2. The van der Waals surface area contributed by atoms with E-state index in [1.54, 1.807) is 18.2 Å². The number of halogens is 6. The minimum absolute atomic E-state index is 0.300. The third kappa shape index (κ3) is 3.63. The lowest BCUT2D eigenvalue weighted by Gasteiger charge is -2.30. The Labute approximate surface area is 110 Å². The molecule has 1 aliphatic rings. The average molecular weight is 299 g/mol.